The molecule has 0 spiro atoms. The lowest BCUT2D eigenvalue weighted by molar-refractivity contribution is -0.136. The number of carbonyl (C=O) groups excluding carboxylic acids is 4. The molecule has 5 N–H and O–H groups in total. The third-order valence-electron chi connectivity index (χ3n) is 10.9. The summed E-state index contributed by atoms with van der Waals surface area (Å²) in [5.74, 6) is -1.52. The van der Waals surface area contributed by atoms with E-state index in [0.717, 1.165) is 61.2 Å². The maximum absolute atomic E-state index is 13.5. The van der Waals surface area contributed by atoms with Crippen LogP contribution >= 0.6 is 0 Å². The Morgan fingerprint density at radius 3 is 2.27 bits per heavy atom. The van der Waals surface area contributed by atoms with Gasteiger partial charge in [-0.15, -0.1) is 10.2 Å². The quantitative estimate of drug-likeness (QED) is 0.193. The highest BCUT2D eigenvalue weighted by Gasteiger charge is 2.46. The fourth-order valence-corrected chi connectivity index (χ4v) is 8.04. The van der Waals surface area contributed by atoms with Crippen LogP contribution in [0.3, 0.4) is 0 Å². The molecule has 1 aromatic heterocycles. The van der Waals surface area contributed by atoms with Crippen molar-refractivity contribution in [1.82, 2.24) is 25.3 Å². The van der Waals surface area contributed by atoms with Gasteiger partial charge in [-0.25, -0.2) is 0 Å². The van der Waals surface area contributed by atoms with Crippen LogP contribution in [0.4, 0.5) is 11.5 Å². The predicted molar refractivity (Wildman–Crippen MR) is 196 cm³/mol. The molecule has 4 heterocycles. The van der Waals surface area contributed by atoms with Crippen LogP contribution in [0.15, 0.2) is 78.9 Å². The van der Waals surface area contributed by atoms with Crippen LogP contribution in [-0.2, 0) is 9.59 Å². The number of nitrogen functional groups attached to an aromatic ring is 1. The molecule has 3 aromatic carbocycles. The van der Waals surface area contributed by atoms with Gasteiger partial charge in [0.05, 0.1) is 16.8 Å². The van der Waals surface area contributed by atoms with E-state index >= 15 is 0 Å². The van der Waals surface area contributed by atoms with E-state index in [4.69, 9.17) is 5.73 Å². The van der Waals surface area contributed by atoms with E-state index in [0.29, 0.717) is 34.4 Å². The summed E-state index contributed by atoms with van der Waals surface area (Å²) in [6, 6.07) is 22.1. The van der Waals surface area contributed by atoms with E-state index in [1.165, 1.54) is 11.1 Å². The van der Waals surface area contributed by atoms with Crippen molar-refractivity contribution < 1.29 is 24.3 Å². The molecule has 1 aliphatic carbocycles. The number of hydrogen-bond donors (Lipinski definition) is 4. The van der Waals surface area contributed by atoms with Crippen LogP contribution in [0, 0.1) is 0 Å². The van der Waals surface area contributed by atoms with Crippen molar-refractivity contribution in [2.45, 2.75) is 63.1 Å². The van der Waals surface area contributed by atoms with Gasteiger partial charge in [-0.05, 0) is 85.6 Å². The number of aromatic hydroxyl groups is 1. The smallest absolute Gasteiger partial charge is 0.264 e. The number of piperidine rings is 1. The van der Waals surface area contributed by atoms with Crippen LogP contribution in [0.2, 0.25) is 0 Å². The number of rotatable bonds is 7. The molecule has 4 aromatic rings. The number of benzene rings is 3. The maximum Gasteiger partial charge on any atom is 0.264 e. The normalized spacial score (nSPS) is 22.2. The number of aromatic nitrogens is 2. The van der Waals surface area contributed by atoms with Gasteiger partial charge < -0.3 is 16.2 Å². The largest absolute Gasteiger partial charge is 0.507 e. The molecule has 1 atom stereocenters. The summed E-state index contributed by atoms with van der Waals surface area (Å²) in [6.45, 7) is 1.85. The maximum atomic E-state index is 13.5. The van der Waals surface area contributed by atoms with Crippen LogP contribution in [0.25, 0.3) is 28.0 Å². The van der Waals surface area contributed by atoms with Gasteiger partial charge in [0.15, 0.2) is 5.82 Å². The van der Waals surface area contributed by atoms with Gasteiger partial charge in [-0.3, -0.25) is 34.3 Å². The summed E-state index contributed by atoms with van der Waals surface area (Å²) in [6.07, 6.45) is 7.39. The second-order valence-corrected chi connectivity index (χ2v) is 13.9. The minimum Gasteiger partial charge on any atom is -0.507 e. The number of phenols is 1. The van der Waals surface area contributed by atoms with Gasteiger partial charge in [0, 0.05) is 48.4 Å². The third-order valence-corrected chi connectivity index (χ3v) is 10.9. The minimum atomic E-state index is -0.985. The van der Waals surface area contributed by atoms with Crippen molar-refractivity contribution >= 4 is 40.7 Å². The Hall–Kier alpha value is -5.88. The Morgan fingerprint density at radius 1 is 0.788 bits per heavy atom. The summed E-state index contributed by atoms with van der Waals surface area (Å²) in [5, 5.41) is 24.4. The number of nitrogens with zero attached hydrogens (tertiary/aromatic N) is 4. The third kappa shape index (κ3) is 6.19. The zero-order chi connectivity index (χ0) is 35.9. The molecular formula is C40H39N7O5. The zero-order valence-corrected chi connectivity index (χ0v) is 28.5. The molecule has 1 unspecified atom stereocenters. The van der Waals surface area contributed by atoms with Crippen molar-refractivity contribution in [3.8, 4) is 28.1 Å². The van der Waals surface area contributed by atoms with E-state index in [1.807, 2.05) is 18.2 Å². The van der Waals surface area contributed by atoms with Gasteiger partial charge in [0.25, 0.3) is 11.8 Å². The Morgan fingerprint density at radius 2 is 1.54 bits per heavy atom. The first-order valence-corrected chi connectivity index (χ1v) is 17.8. The lowest BCUT2D eigenvalue weighted by atomic mass is 9.88. The second kappa shape index (κ2) is 13.7. The summed E-state index contributed by atoms with van der Waals surface area (Å²) in [5.41, 5.74) is 12.8. The van der Waals surface area contributed by atoms with Crippen molar-refractivity contribution in [2.24, 2.45) is 0 Å². The van der Waals surface area contributed by atoms with Crippen molar-refractivity contribution in [3.63, 3.8) is 0 Å². The molecule has 12 heteroatoms. The monoisotopic (exact) mass is 697 g/mol. The molecule has 8 rings (SSSR count). The summed E-state index contributed by atoms with van der Waals surface area (Å²) in [7, 11) is 0. The van der Waals surface area contributed by atoms with E-state index < -0.39 is 29.7 Å². The van der Waals surface area contributed by atoms with Gasteiger partial charge in [0.2, 0.25) is 11.8 Å². The first-order valence-electron chi connectivity index (χ1n) is 17.8. The minimum absolute atomic E-state index is 0.0881. The van der Waals surface area contributed by atoms with E-state index in [2.05, 4.69) is 56.1 Å². The number of nitrogens with two attached hydrogens (primary N) is 1. The molecule has 0 bridgehead atoms. The molecule has 2 fully saturated rings. The van der Waals surface area contributed by atoms with Crippen molar-refractivity contribution in [3.05, 3.63) is 95.6 Å². The molecule has 52 heavy (non-hydrogen) atoms. The van der Waals surface area contributed by atoms with Crippen molar-refractivity contribution in [2.75, 3.05) is 24.1 Å². The Kier molecular flexibility index (Phi) is 8.76. The van der Waals surface area contributed by atoms with E-state index in [1.54, 1.807) is 30.3 Å². The molecular weight excluding hydrogens is 658 g/mol. The predicted octanol–water partition coefficient (Wildman–Crippen LogP) is 5.01. The fourth-order valence-electron chi connectivity index (χ4n) is 8.04. The average Bonchev–Trinajstić information content (AvgIpc) is 3.42. The Bertz CT molecular complexity index is 2120. The number of anilines is 2. The summed E-state index contributed by atoms with van der Waals surface area (Å²) >= 11 is 0. The Labute approximate surface area is 300 Å². The Balaban J connectivity index is 0.876. The second-order valence-electron chi connectivity index (χ2n) is 13.9. The highest BCUT2D eigenvalue weighted by Crippen LogP contribution is 2.36. The lowest BCUT2D eigenvalue weighted by Gasteiger charge is -2.39. The SMILES string of the molecule is Nc1nnc(-c2ccccc2O)cc1-c1ccc(C2=CCN(C3CCC(Nc4cccc5c4C(=O)N(C4CCC(=O)NC4=O)C5=O)CC3)CC2)cc1. The van der Waals surface area contributed by atoms with Crippen LogP contribution in [0.1, 0.15) is 71.2 Å². The van der Waals surface area contributed by atoms with Crippen LogP contribution < -0.4 is 16.4 Å². The molecule has 3 aliphatic heterocycles. The number of fused-ring (bicyclic) bond motifs is 1. The van der Waals surface area contributed by atoms with Gasteiger partial charge in [-0.1, -0.05) is 48.5 Å². The summed E-state index contributed by atoms with van der Waals surface area (Å²) in [4.78, 5) is 54.5. The number of carbonyl (C=O) groups is 4. The molecule has 4 amide bonds. The van der Waals surface area contributed by atoms with Gasteiger partial charge in [-0.2, -0.15) is 0 Å². The molecule has 264 valence electrons. The number of nitrogens with one attached hydrogen (secondary N) is 2. The number of para-hydroxylation sites is 1. The molecule has 0 radical (unpaired) electrons. The first kappa shape index (κ1) is 33.3. The molecule has 4 aliphatic rings. The molecule has 1 saturated heterocycles. The van der Waals surface area contributed by atoms with Gasteiger partial charge in [0.1, 0.15) is 11.8 Å². The first-order chi connectivity index (χ1) is 25.2. The lowest BCUT2D eigenvalue weighted by Crippen LogP contribution is -2.54. The molecule has 12 nitrogen and oxygen atoms in total. The van der Waals surface area contributed by atoms with Crippen LogP contribution in [0.5, 0.6) is 5.75 Å². The van der Waals surface area contributed by atoms with Crippen molar-refractivity contribution in [1.29, 1.82) is 0 Å². The highest BCUT2D eigenvalue weighted by molar-refractivity contribution is 6.25. The number of hydrogen-bond acceptors (Lipinski definition) is 10. The highest BCUT2D eigenvalue weighted by atomic mass is 16.3. The zero-order valence-electron chi connectivity index (χ0n) is 28.5. The van der Waals surface area contributed by atoms with Gasteiger partial charge >= 0.3 is 0 Å². The topological polar surface area (TPSA) is 171 Å². The summed E-state index contributed by atoms with van der Waals surface area (Å²) < 4.78 is 0. The van der Waals surface area contributed by atoms with E-state index in [-0.39, 0.29) is 30.2 Å². The standard InChI is InChI=1S/C40H39N7O5/c41-37-30(22-32(44-45-37)28-4-1-2-7-34(28)48)25-10-8-23(9-11-25)24-18-20-46(21-19-24)27-14-12-26(13-15-27)42-31-6-3-5-29-36(31)40(52)47(39(29)51)33-16-17-35(49)43-38(33)50/h1-11,18,22,26-27,33,42,48H,12-17,19-21H2,(H2,41,45)(H,43,49,50). The number of imide groups is 2. The van der Waals surface area contributed by atoms with E-state index in [9.17, 15) is 24.3 Å². The molecule has 1 saturated carbocycles. The average molecular weight is 698 g/mol. The van der Waals surface area contributed by atoms with Crippen LogP contribution in [-0.4, -0.2) is 79.9 Å². The number of amides is 4. The fraction of sp³-hybridized carbons (Fsp3) is 0.300. The number of phenolic OH excluding ortho intramolecular Hbond substituents is 1.